The number of carbonyl (C=O) groups excluding carboxylic acids is 1. The van der Waals surface area contributed by atoms with Gasteiger partial charge < -0.3 is 15.0 Å². The molecule has 1 aliphatic heterocycles. The Labute approximate surface area is 170 Å². The Morgan fingerprint density at radius 2 is 1.90 bits per heavy atom. The largest absolute Gasteiger partial charge is 0.501 e. The second-order valence-corrected chi connectivity index (χ2v) is 8.75. The van der Waals surface area contributed by atoms with E-state index in [1.165, 1.54) is 42.4 Å². The van der Waals surface area contributed by atoms with E-state index >= 15 is 0 Å². The van der Waals surface area contributed by atoms with Gasteiger partial charge in [0.05, 0.1) is 0 Å². The zero-order valence-corrected chi connectivity index (χ0v) is 16.7. The third-order valence-electron chi connectivity index (χ3n) is 7.10. The Bertz CT molecular complexity index is 1030. The van der Waals surface area contributed by atoms with Crippen molar-refractivity contribution < 1.29 is 9.90 Å². The number of benzene rings is 1. The highest BCUT2D eigenvalue weighted by atomic mass is 16.3. The van der Waals surface area contributed by atoms with Crippen molar-refractivity contribution in [2.24, 2.45) is 0 Å². The molecule has 0 unspecified atom stereocenters. The standard InChI is InChI=1S/C23H27N3O3/c27-20-19-21(28)24-12-13-26(19)18(25-22(20)29)14-23(10-3-4-11-23)17-9-5-7-15-6-1-2-8-16(15)17/h5,7,9,27H,1-4,6,8,10-14H2,(H,24,28). The molecule has 0 atom stereocenters. The molecule has 0 saturated heterocycles. The van der Waals surface area contributed by atoms with E-state index in [1.54, 1.807) is 4.57 Å². The van der Waals surface area contributed by atoms with E-state index in [-0.39, 0.29) is 11.1 Å². The van der Waals surface area contributed by atoms with E-state index in [1.807, 2.05) is 0 Å². The van der Waals surface area contributed by atoms with Crippen LogP contribution >= 0.6 is 0 Å². The highest BCUT2D eigenvalue weighted by Gasteiger charge is 2.40. The first-order valence-corrected chi connectivity index (χ1v) is 10.8. The average molecular weight is 393 g/mol. The Balaban J connectivity index is 1.64. The molecule has 1 fully saturated rings. The van der Waals surface area contributed by atoms with Crippen molar-refractivity contribution in [1.29, 1.82) is 0 Å². The number of aromatic hydroxyl groups is 1. The molecule has 1 saturated carbocycles. The zero-order valence-electron chi connectivity index (χ0n) is 16.7. The Morgan fingerprint density at radius 1 is 1.10 bits per heavy atom. The predicted molar refractivity (Wildman–Crippen MR) is 109 cm³/mol. The summed E-state index contributed by atoms with van der Waals surface area (Å²) in [5.41, 5.74) is 3.70. The third kappa shape index (κ3) is 2.96. The second-order valence-electron chi connectivity index (χ2n) is 8.75. The van der Waals surface area contributed by atoms with Crippen molar-refractivity contribution in [2.45, 2.75) is 69.7 Å². The van der Waals surface area contributed by atoms with Gasteiger partial charge in [0.25, 0.3) is 5.91 Å². The number of fused-ring (bicyclic) bond motifs is 2. The third-order valence-corrected chi connectivity index (χ3v) is 7.10. The van der Waals surface area contributed by atoms with Crippen LogP contribution in [-0.4, -0.2) is 27.1 Å². The Hall–Kier alpha value is -2.63. The van der Waals surface area contributed by atoms with Crippen LogP contribution in [0.15, 0.2) is 23.0 Å². The van der Waals surface area contributed by atoms with Gasteiger partial charge in [-0.2, -0.15) is 4.98 Å². The van der Waals surface area contributed by atoms with Gasteiger partial charge in [0.15, 0.2) is 5.69 Å². The summed E-state index contributed by atoms with van der Waals surface area (Å²) in [4.78, 5) is 28.9. The molecule has 29 heavy (non-hydrogen) atoms. The van der Waals surface area contributed by atoms with Crippen LogP contribution in [0.4, 0.5) is 0 Å². The molecule has 3 aliphatic rings. The first kappa shape index (κ1) is 18.4. The van der Waals surface area contributed by atoms with Crippen molar-refractivity contribution in [3.8, 4) is 5.75 Å². The summed E-state index contributed by atoms with van der Waals surface area (Å²) in [5.74, 6) is -0.302. The number of carbonyl (C=O) groups is 1. The van der Waals surface area contributed by atoms with Gasteiger partial charge in [-0.15, -0.1) is 0 Å². The summed E-state index contributed by atoms with van der Waals surface area (Å²) in [5, 5.41) is 12.9. The molecule has 2 aromatic rings. The molecule has 1 aromatic heterocycles. The Morgan fingerprint density at radius 3 is 2.72 bits per heavy atom. The number of nitrogens with zero attached hydrogens (tertiary/aromatic N) is 2. The normalized spacial score (nSPS) is 20.1. The van der Waals surface area contributed by atoms with Crippen molar-refractivity contribution in [3.63, 3.8) is 0 Å². The first-order chi connectivity index (χ1) is 14.1. The maximum atomic E-state index is 12.4. The number of rotatable bonds is 3. The summed E-state index contributed by atoms with van der Waals surface area (Å²) in [6.45, 7) is 1.01. The van der Waals surface area contributed by atoms with Crippen molar-refractivity contribution in [2.75, 3.05) is 6.54 Å². The van der Waals surface area contributed by atoms with E-state index in [4.69, 9.17) is 0 Å². The van der Waals surface area contributed by atoms with Crippen LogP contribution in [0.5, 0.6) is 5.75 Å². The van der Waals surface area contributed by atoms with Crippen molar-refractivity contribution in [3.05, 3.63) is 56.8 Å². The van der Waals surface area contributed by atoms with Crippen molar-refractivity contribution in [1.82, 2.24) is 14.9 Å². The van der Waals surface area contributed by atoms with Crippen LogP contribution in [0.1, 0.15) is 71.5 Å². The monoisotopic (exact) mass is 393 g/mol. The van der Waals surface area contributed by atoms with Gasteiger partial charge >= 0.3 is 5.56 Å². The predicted octanol–water partition coefficient (Wildman–Crippen LogP) is 2.63. The van der Waals surface area contributed by atoms with Gasteiger partial charge in [-0.05, 0) is 55.2 Å². The fraction of sp³-hybridized carbons (Fsp3) is 0.522. The maximum absolute atomic E-state index is 12.4. The van der Waals surface area contributed by atoms with Crippen LogP contribution < -0.4 is 10.9 Å². The molecule has 1 amide bonds. The van der Waals surface area contributed by atoms with E-state index in [9.17, 15) is 14.7 Å². The van der Waals surface area contributed by atoms with E-state index in [0.717, 1.165) is 25.7 Å². The van der Waals surface area contributed by atoms with E-state index in [2.05, 4.69) is 28.5 Å². The molecule has 1 aromatic carbocycles. The lowest BCUT2D eigenvalue weighted by Gasteiger charge is -2.35. The fourth-order valence-electron chi connectivity index (χ4n) is 5.73. The average Bonchev–Trinajstić information content (AvgIpc) is 3.21. The highest BCUT2D eigenvalue weighted by Crippen LogP contribution is 2.46. The smallest absolute Gasteiger partial charge is 0.315 e. The van der Waals surface area contributed by atoms with Crippen LogP contribution in [-0.2, 0) is 31.2 Å². The minimum absolute atomic E-state index is 0.0478. The van der Waals surface area contributed by atoms with E-state index < -0.39 is 17.2 Å². The summed E-state index contributed by atoms with van der Waals surface area (Å²) < 4.78 is 1.77. The molecular weight excluding hydrogens is 366 g/mol. The number of nitrogens with one attached hydrogen (secondary N) is 1. The number of hydrogen-bond acceptors (Lipinski definition) is 4. The van der Waals surface area contributed by atoms with Crippen LogP contribution in [0, 0.1) is 0 Å². The molecular formula is C23H27N3O3. The number of aryl methyl sites for hydroxylation is 1. The first-order valence-electron chi connectivity index (χ1n) is 10.8. The van der Waals surface area contributed by atoms with Crippen molar-refractivity contribution >= 4 is 5.91 Å². The number of amides is 1. The summed E-state index contributed by atoms with van der Waals surface area (Å²) in [6, 6.07) is 6.72. The fourth-order valence-corrected chi connectivity index (χ4v) is 5.73. The molecule has 0 radical (unpaired) electrons. The lowest BCUT2D eigenvalue weighted by molar-refractivity contribution is 0.0919. The quantitative estimate of drug-likeness (QED) is 0.840. The number of hydrogen-bond donors (Lipinski definition) is 2. The van der Waals surface area contributed by atoms with Crippen LogP contribution in [0.25, 0.3) is 0 Å². The van der Waals surface area contributed by atoms with Gasteiger partial charge in [-0.3, -0.25) is 9.59 Å². The van der Waals surface area contributed by atoms with Gasteiger partial charge in [0.1, 0.15) is 5.82 Å². The van der Waals surface area contributed by atoms with Gasteiger partial charge in [-0.25, -0.2) is 0 Å². The molecule has 6 heteroatoms. The Kier molecular flexibility index (Phi) is 4.45. The molecule has 0 spiro atoms. The van der Waals surface area contributed by atoms with E-state index in [0.29, 0.717) is 25.3 Å². The summed E-state index contributed by atoms with van der Waals surface area (Å²) in [7, 11) is 0. The lowest BCUT2D eigenvalue weighted by atomic mass is 9.71. The van der Waals surface area contributed by atoms with Crippen LogP contribution in [0.2, 0.25) is 0 Å². The lowest BCUT2D eigenvalue weighted by Crippen LogP contribution is -2.41. The van der Waals surface area contributed by atoms with Crippen LogP contribution in [0.3, 0.4) is 0 Å². The maximum Gasteiger partial charge on any atom is 0.315 e. The molecule has 5 rings (SSSR count). The minimum atomic E-state index is -0.702. The molecule has 2 N–H and O–H groups in total. The van der Waals surface area contributed by atoms with Gasteiger partial charge in [0, 0.05) is 24.9 Å². The van der Waals surface area contributed by atoms with Gasteiger partial charge in [-0.1, -0.05) is 31.0 Å². The highest BCUT2D eigenvalue weighted by molar-refractivity contribution is 5.95. The topological polar surface area (TPSA) is 84.2 Å². The minimum Gasteiger partial charge on any atom is -0.501 e. The second kappa shape index (κ2) is 7.01. The number of aromatic nitrogens is 2. The van der Waals surface area contributed by atoms with Gasteiger partial charge in [0.2, 0.25) is 5.75 Å². The summed E-state index contributed by atoms with van der Waals surface area (Å²) in [6.07, 6.45) is 9.86. The molecule has 0 bridgehead atoms. The zero-order chi connectivity index (χ0) is 20.0. The molecule has 152 valence electrons. The molecule has 2 heterocycles. The SMILES string of the molecule is O=C1NCCn2c(CC3(c4cccc5c4CCCC5)CCCC3)nc(=O)c(O)c21. The molecule has 2 aliphatic carbocycles. The molecule has 6 nitrogen and oxygen atoms in total. The summed E-state index contributed by atoms with van der Waals surface area (Å²) >= 11 is 0.